The summed E-state index contributed by atoms with van der Waals surface area (Å²) < 4.78 is 78.7. The third kappa shape index (κ3) is 14.2. The monoisotopic (exact) mass is 594 g/mol. The van der Waals surface area contributed by atoms with Gasteiger partial charge in [0.2, 0.25) is 0 Å². The molecule has 0 radical (unpaired) electrons. The highest BCUT2D eigenvalue weighted by Crippen LogP contribution is 2.15. The van der Waals surface area contributed by atoms with Crippen molar-refractivity contribution in [1.82, 2.24) is 5.32 Å². The van der Waals surface area contributed by atoms with E-state index in [0.29, 0.717) is 0 Å². The zero-order chi connectivity index (χ0) is 28.1. The summed E-state index contributed by atoms with van der Waals surface area (Å²) in [6.07, 6.45) is 1.37. The highest BCUT2D eigenvalue weighted by Gasteiger charge is 2.18. The van der Waals surface area contributed by atoms with Crippen molar-refractivity contribution in [2.45, 2.75) is 36.2 Å². The molecule has 2 rings (SSSR count). The lowest BCUT2D eigenvalue weighted by Crippen LogP contribution is -2.32. The van der Waals surface area contributed by atoms with Gasteiger partial charge in [0.25, 0.3) is 0 Å². The molecular formula is C25H33ClF2N2O6S2. The molecule has 8 nitrogen and oxygen atoms in total. The Hall–Kier alpha value is -2.80. The van der Waals surface area contributed by atoms with Gasteiger partial charge in [0.15, 0.2) is 19.7 Å². The van der Waals surface area contributed by atoms with Crippen molar-refractivity contribution in [2.24, 2.45) is 5.73 Å². The normalized spacial score (nSPS) is 12.5. The van der Waals surface area contributed by atoms with Gasteiger partial charge in [-0.05, 0) is 57.2 Å². The SMILES string of the molecule is CC(C)(C)OC(=O)NC/C=C(\F)CS(=O)(=O)c1ccccc1.Cl.NC/C=C(\F)CS(=O)(=O)c1ccccc1. The highest BCUT2D eigenvalue weighted by atomic mass is 35.5. The summed E-state index contributed by atoms with van der Waals surface area (Å²) >= 11 is 0. The zero-order valence-corrected chi connectivity index (χ0v) is 23.7. The summed E-state index contributed by atoms with van der Waals surface area (Å²) in [5, 5.41) is 2.32. The lowest BCUT2D eigenvalue weighted by molar-refractivity contribution is 0.0534. The number of halogens is 3. The number of ether oxygens (including phenoxy) is 1. The minimum Gasteiger partial charge on any atom is -0.444 e. The second kappa shape index (κ2) is 16.2. The first kappa shape index (κ1) is 35.2. The van der Waals surface area contributed by atoms with E-state index in [2.05, 4.69) is 5.32 Å². The molecular weight excluding hydrogens is 562 g/mol. The van der Waals surface area contributed by atoms with Gasteiger partial charge in [-0.15, -0.1) is 12.4 Å². The largest absolute Gasteiger partial charge is 0.444 e. The van der Waals surface area contributed by atoms with Gasteiger partial charge in [0.05, 0.1) is 9.79 Å². The number of hydrogen-bond acceptors (Lipinski definition) is 7. The molecule has 0 saturated heterocycles. The van der Waals surface area contributed by atoms with E-state index >= 15 is 0 Å². The Morgan fingerprint density at radius 2 is 1.24 bits per heavy atom. The summed E-state index contributed by atoms with van der Waals surface area (Å²) in [7, 11) is -7.31. The Labute approximate surface area is 229 Å². The average Bonchev–Trinajstić information content (AvgIpc) is 2.79. The molecule has 0 aliphatic carbocycles. The maximum absolute atomic E-state index is 13.7. The van der Waals surface area contributed by atoms with E-state index in [4.69, 9.17) is 10.5 Å². The van der Waals surface area contributed by atoms with E-state index in [-0.39, 0.29) is 35.3 Å². The molecule has 2 aromatic rings. The fraction of sp³-hybridized carbons (Fsp3) is 0.320. The number of hydrogen-bond donors (Lipinski definition) is 2. The van der Waals surface area contributed by atoms with Crippen molar-refractivity contribution >= 4 is 38.2 Å². The van der Waals surface area contributed by atoms with Crippen LogP contribution in [-0.4, -0.2) is 53.1 Å². The number of benzene rings is 2. The van der Waals surface area contributed by atoms with Crippen LogP contribution >= 0.6 is 12.4 Å². The topological polar surface area (TPSA) is 133 Å². The van der Waals surface area contributed by atoms with Crippen molar-refractivity contribution in [2.75, 3.05) is 24.6 Å². The van der Waals surface area contributed by atoms with Gasteiger partial charge in [-0.2, -0.15) is 0 Å². The van der Waals surface area contributed by atoms with Crippen LogP contribution in [0.2, 0.25) is 0 Å². The molecule has 0 unspecified atom stereocenters. The van der Waals surface area contributed by atoms with E-state index in [1.54, 1.807) is 57.2 Å². The van der Waals surface area contributed by atoms with Crippen molar-refractivity contribution < 1.29 is 35.1 Å². The molecule has 0 fully saturated rings. The zero-order valence-electron chi connectivity index (χ0n) is 21.3. The fourth-order valence-corrected chi connectivity index (χ4v) is 5.03. The van der Waals surface area contributed by atoms with Gasteiger partial charge >= 0.3 is 6.09 Å². The highest BCUT2D eigenvalue weighted by molar-refractivity contribution is 7.91. The maximum Gasteiger partial charge on any atom is 0.407 e. The molecule has 2 aromatic carbocycles. The molecule has 13 heteroatoms. The minimum atomic E-state index is -3.73. The van der Waals surface area contributed by atoms with Crippen LogP contribution in [-0.2, 0) is 24.4 Å². The summed E-state index contributed by atoms with van der Waals surface area (Å²) in [5.74, 6) is -2.93. The number of amides is 1. The van der Waals surface area contributed by atoms with Crippen LogP contribution in [0.5, 0.6) is 0 Å². The molecule has 0 aliphatic heterocycles. The van der Waals surface area contributed by atoms with Crippen molar-refractivity contribution in [1.29, 1.82) is 0 Å². The maximum atomic E-state index is 13.7. The lowest BCUT2D eigenvalue weighted by atomic mass is 10.2. The molecule has 0 atom stereocenters. The molecule has 1 amide bonds. The molecule has 212 valence electrons. The first-order chi connectivity index (χ1) is 17.2. The quantitative estimate of drug-likeness (QED) is 0.436. The van der Waals surface area contributed by atoms with Crippen LogP contribution in [0.4, 0.5) is 13.6 Å². The number of alkyl carbamates (subject to hydrolysis) is 1. The first-order valence-electron chi connectivity index (χ1n) is 11.1. The Bertz CT molecular complexity index is 1280. The average molecular weight is 595 g/mol. The summed E-state index contributed by atoms with van der Waals surface area (Å²) in [6.45, 7) is 4.96. The van der Waals surface area contributed by atoms with Crippen molar-refractivity contribution in [3.63, 3.8) is 0 Å². The van der Waals surface area contributed by atoms with Gasteiger partial charge in [-0.25, -0.2) is 30.4 Å². The van der Waals surface area contributed by atoms with Gasteiger partial charge in [0, 0.05) is 13.1 Å². The number of nitrogens with two attached hydrogens (primary N) is 1. The summed E-state index contributed by atoms with van der Waals surface area (Å²) in [6, 6.07) is 15.4. The summed E-state index contributed by atoms with van der Waals surface area (Å²) in [4.78, 5) is 11.5. The van der Waals surface area contributed by atoms with E-state index in [1.807, 2.05) is 0 Å². The predicted molar refractivity (Wildman–Crippen MR) is 146 cm³/mol. The Morgan fingerprint density at radius 3 is 1.61 bits per heavy atom. The van der Waals surface area contributed by atoms with E-state index < -0.39 is 54.5 Å². The van der Waals surface area contributed by atoms with Gasteiger partial charge < -0.3 is 15.8 Å². The second-order valence-corrected chi connectivity index (χ2v) is 12.5. The Balaban J connectivity index is 0.000000750. The van der Waals surface area contributed by atoms with E-state index in [0.717, 1.165) is 12.2 Å². The predicted octanol–water partition coefficient (Wildman–Crippen LogP) is 4.53. The van der Waals surface area contributed by atoms with Gasteiger partial charge in [-0.1, -0.05) is 36.4 Å². The third-order valence-electron chi connectivity index (χ3n) is 4.17. The lowest BCUT2D eigenvalue weighted by Gasteiger charge is -2.19. The Kier molecular flexibility index (Phi) is 15.0. The van der Waals surface area contributed by atoms with Crippen molar-refractivity contribution in [3.8, 4) is 0 Å². The molecule has 0 saturated carbocycles. The van der Waals surface area contributed by atoms with E-state index in [9.17, 15) is 30.4 Å². The van der Waals surface area contributed by atoms with Crippen LogP contribution in [0.25, 0.3) is 0 Å². The van der Waals surface area contributed by atoms with Crippen molar-refractivity contribution in [3.05, 3.63) is 84.5 Å². The first-order valence-corrected chi connectivity index (χ1v) is 14.4. The van der Waals surface area contributed by atoms with Gasteiger partial charge in [-0.3, -0.25) is 0 Å². The smallest absolute Gasteiger partial charge is 0.407 e. The minimum absolute atomic E-state index is 0. The molecule has 38 heavy (non-hydrogen) atoms. The van der Waals surface area contributed by atoms with Crippen LogP contribution < -0.4 is 11.1 Å². The molecule has 0 spiro atoms. The Morgan fingerprint density at radius 1 is 0.842 bits per heavy atom. The van der Waals surface area contributed by atoms with Crippen LogP contribution in [0.15, 0.2) is 94.3 Å². The standard InChI is InChI=1S/C15H20FNO4S.C10H12FNO2S.ClH/c1-15(2,3)21-14(18)17-10-9-12(16)11-22(19,20)13-7-5-4-6-8-13;11-9(6-7-12)8-15(13,14)10-4-2-1-3-5-10;/h4-9H,10-11H2,1-3H3,(H,17,18);1-6H,7-8,12H2;1H/b12-9-;9-6-;. The molecule has 0 heterocycles. The fourth-order valence-electron chi connectivity index (χ4n) is 2.59. The number of sulfone groups is 2. The molecule has 0 aromatic heterocycles. The van der Waals surface area contributed by atoms with E-state index in [1.165, 1.54) is 24.3 Å². The van der Waals surface area contributed by atoms with Gasteiger partial charge in [0.1, 0.15) is 28.8 Å². The van der Waals surface area contributed by atoms with Crippen LogP contribution in [0.1, 0.15) is 20.8 Å². The molecule has 0 bridgehead atoms. The third-order valence-corrected chi connectivity index (χ3v) is 7.46. The molecule has 0 aliphatic rings. The molecule has 3 N–H and O–H groups in total. The van der Waals surface area contributed by atoms with Crippen LogP contribution in [0, 0.1) is 0 Å². The number of carbonyl (C=O) groups is 1. The second-order valence-electron chi connectivity index (χ2n) is 8.56. The summed E-state index contributed by atoms with van der Waals surface area (Å²) in [5.41, 5.74) is 4.43. The number of rotatable bonds is 9. The number of nitrogens with one attached hydrogen (secondary N) is 1. The van der Waals surface area contributed by atoms with Crippen LogP contribution in [0.3, 0.4) is 0 Å². The number of carbonyl (C=O) groups excluding carboxylic acids is 1.